The van der Waals surface area contributed by atoms with Crippen LogP contribution in [0.5, 0.6) is 11.5 Å². The number of phenols is 2. The zero-order chi connectivity index (χ0) is 13.4. The summed E-state index contributed by atoms with van der Waals surface area (Å²) in [6.07, 6.45) is 7.94. The average Bonchev–Trinajstić information content (AvgIpc) is 2.32. The first kappa shape index (κ1) is 15.8. The van der Waals surface area contributed by atoms with Crippen LogP contribution in [0.4, 0.5) is 0 Å². The molecule has 0 bridgehead atoms. The van der Waals surface area contributed by atoms with E-state index in [0.29, 0.717) is 3.74 Å². The van der Waals surface area contributed by atoms with E-state index < -0.39 is 0 Å². The minimum Gasteiger partial charge on any atom is -0.504 e. The number of benzene rings is 1. The van der Waals surface area contributed by atoms with Crippen LogP contribution in [0.1, 0.15) is 44.1 Å². The Morgan fingerprint density at radius 2 is 1.61 bits per heavy atom. The summed E-state index contributed by atoms with van der Waals surface area (Å²) < 4.78 is 0.439. The Labute approximate surface area is 126 Å². The zero-order valence-corrected chi connectivity index (χ0v) is 13.6. The fraction of sp³-hybridized carbons (Fsp3) is 0.571. The van der Waals surface area contributed by atoms with Gasteiger partial charge in [-0.2, -0.15) is 0 Å². The van der Waals surface area contributed by atoms with Crippen molar-refractivity contribution in [1.29, 1.82) is 0 Å². The summed E-state index contributed by atoms with van der Waals surface area (Å²) in [7, 11) is 0. The summed E-state index contributed by atoms with van der Waals surface area (Å²) in [5.41, 5.74) is 0.844. The number of aromatic hydroxyl groups is 2. The first-order valence-electron chi connectivity index (χ1n) is 6.39. The first-order chi connectivity index (χ1) is 8.61. The van der Waals surface area contributed by atoms with E-state index in [1.165, 1.54) is 31.7 Å². The minimum atomic E-state index is -0.0202. The van der Waals surface area contributed by atoms with Gasteiger partial charge in [-0.05, 0) is 30.9 Å². The quantitative estimate of drug-likeness (QED) is 0.375. The normalized spacial score (nSPS) is 11.1. The summed E-state index contributed by atoms with van der Waals surface area (Å²) in [6, 6.07) is 5.15. The predicted molar refractivity (Wildman–Crippen MR) is 82.8 cm³/mol. The fourth-order valence-corrected chi connectivity index (χ4v) is 2.57. The Morgan fingerprint density at radius 1 is 0.944 bits per heavy atom. The number of alkyl halides is 2. The standard InChI is InChI=1S/C14H20Br2O2/c15-13(16)10-5-3-1-2-4-7-11-8-6-9-12(17)14(11)18/h6,8-9,13,17-18H,1-5,7,10H2. The first-order valence-corrected chi connectivity index (χ1v) is 8.22. The summed E-state index contributed by atoms with van der Waals surface area (Å²) in [6.45, 7) is 0. The lowest BCUT2D eigenvalue weighted by Gasteiger charge is -2.06. The molecule has 0 heterocycles. The number of hydrogen-bond donors (Lipinski definition) is 2. The molecule has 0 unspecified atom stereocenters. The maximum atomic E-state index is 9.64. The van der Waals surface area contributed by atoms with E-state index in [2.05, 4.69) is 31.9 Å². The molecule has 0 aliphatic carbocycles. The minimum absolute atomic E-state index is 0.0202. The van der Waals surface area contributed by atoms with E-state index in [-0.39, 0.29) is 11.5 Å². The van der Waals surface area contributed by atoms with Gasteiger partial charge in [-0.1, -0.05) is 69.7 Å². The van der Waals surface area contributed by atoms with E-state index in [0.717, 1.165) is 24.8 Å². The Hall–Kier alpha value is -0.220. The monoisotopic (exact) mass is 378 g/mol. The van der Waals surface area contributed by atoms with Crippen LogP contribution < -0.4 is 0 Å². The molecular formula is C14H20Br2O2. The van der Waals surface area contributed by atoms with Crippen molar-refractivity contribution in [2.75, 3.05) is 0 Å². The smallest absolute Gasteiger partial charge is 0.160 e. The third-order valence-electron chi connectivity index (χ3n) is 2.97. The van der Waals surface area contributed by atoms with Gasteiger partial charge in [0.05, 0.1) is 3.74 Å². The van der Waals surface area contributed by atoms with Gasteiger partial charge >= 0.3 is 0 Å². The number of rotatable bonds is 8. The van der Waals surface area contributed by atoms with Gasteiger partial charge in [0.25, 0.3) is 0 Å². The molecular weight excluding hydrogens is 360 g/mol. The Balaban J connectivity index is 2.13. The lowest BCUT2D eigenvalue weighted by molar-refractivity contribution is 0.398. The summed E-state index contributed by atoms with van der Waals surface area (Å²) in [4.78, 5) is 0. The second kappa shape index (κ2) is 8.81. The van der Waals surface area contributed by atoms with Crippen LogP contribution in [-0.2, 0) is 6.42 Å². The van der Waals surface area contributed by atoms with Gasteiger partial charge in [0.15, 0.2) is 11.5 Å². The number of halogens is 2. The summed E-state index contributed by atoms with van der Waals surface area (Å²) in [5.74, 6) is 0.0205. The van der Waals surface area contributed by atoms with Crippen LogP contribution in [-0.4, -0.2) is 13.9 Å². The van der Waals surface area contributed by atoms with Crippen LogP contribution in [0.3, 0.4) is 0 Å². The largest absolute Gasteiger partial charge is 0.504 e. The van der Waals surface area contributed by atoms with Gasteiger partial charge in [-0.25, -0.2) is 0 Å². The van der Waals surface area contributed by atoms with Gasteiger partial charge < -0.3 is 10.2 Å². The molecule has 1 aromatic rings. The highest BCUT2D eigenvalue weighted by Gasteiger charge is 2.05. The zero-order valence-electron chi connectivity index (χ0n) is 10.4. The van der Waals surface area contributed by atoms with Crippen molar-refractivity contribution in [2.45, 2.75) is 48.7 Å². The van der Waals surface area contributed by atoms with Crippen LogP contribution in [0.25, 0.3) is 0 Å². The molecule has 0 saturated heterocycles. The van der Waals surface area contributed by atoms with Crippen molar-refractivity contribution >= 4 is 31.9 Å². The molecule has 0 radical (unpaired) electrons. The molecule has 102 valence electrons. The molecule has 1 aromatic carbocycles. The number of phenolic OH excluding ortho intramolecular Hbond substituents is 2. The van der Waals surface area contributed by atoms with Crippen molar-refractivity contribution in [3.8, 4) is 11.5 Å². The van der Waals surface area contributed by atoms with E-state index in [4.69, 9.17) is 0 Å². The van der Waals surface area contributed by atoms with Gasteiger partial charge in [0.1, 0.15) is 0 Å². The van der Waals surface area contributed by atoms with Gasteiger partial charge in [0, 0.05) is 0 Å². The second-order valence-corrected chi connectivity index (χ2v) is 7.92. The molecule has 4 heteroatoms. The van der Waals surface area contributed by atoms with Crippen molar-refractivity contribution in [3.63, 3.8) is 0 Å². The van der Waals surface area contributed by atoms with E-state index in [1.54, 1.807) is 6.07 Å². The van der Waals surface area contributed by atoms with Crippen LogP contribution >= 0.6 is 31.9 Å². The molecule has 0 aromatic heterocycles. The summed E-state index contributed by atoms with van der Waals surface area (Å²) in [5, 5.41) is 19.0. The van der Waals surface area contributed by atoms with E-state index >= 15 is 0 Å². The highest BCUT2D eigenvalue weighted by molar-refractivity contribution is 9.24. The molecule has 0 spiro atoms. The van der Waals surface area contributed by atoms with Crippen molar-refractivity contribution in [3.05, 3.63) is 23.8 Å². The topological polar surface area (TPSA) is 40.5 Å². The Bertz CT molecular complexity index is 354. The number of hydrogen-bond acceptors (Lipinski definition) is 2. The lowest BCUT2D eigenvalue weighted by Crippen LogP contribution is -1.89. The lowest BCUT2D eigenvalue weighted by atomic mass is 10.0. The van der Waals surface area contributed by atoms with E-state index in [9.17, 15) is 10.2 Å². The molecule has 2 nitrogen and oxygen atoms in total. The molecule has 0 aliphatic heterocycles. The number of para-hydroxylation sites is 1. The van der Waals surface area contributed by atoms with Crippen LogP contribution in [0.15, 0.2) is 18.2 Å². The number of aryl methyl sites for hydroxylation is 1. The third-order valence-corrected chi connectivity index (χ3v) is 3.88. The molecule has 0 atom stereocenters. The van der Waals surface area contributed by atoms with Crippen molar-refractivity contribution in [2.24, 2.45) is 0 Å². The molecule has 1 rings (SSSR count). The fourth-order valence-electron chi connectivity index (χ4n) is 1.92. The van der Waals surface area contributed by atoms with Crippen LogP contribution in [0.2, 0.25) is 0 Å². The highest BCUT2D eigenvalue weighted by Crippen LogP contribution is 2.29. The molecule has 0 amide bonds. The molecule has 0 aliphatic rings. The van der Waals surface area contributed by atoms with Crippen molar-refractivity contribution < 1.29 is 10.2 Å². The Kier molecular flexibility index (Phi) is 7.75. The van der Waals surface area contributed by atoms with E-state index in [1.807, 2.05) is 6.07 Å². The molecule has 0 fully saturated rings. The van der Waals surface area contributed by atoms with Gasteiger partial charge in [0.2, 0.25) is 0 Å². The highest BCUT2D eigenvalue weighted by atomic mass is 79.9. The van der Waals surface area contributed by atoms with Gasteiger partial charge in [-0.3, -0.25) is 0 Å². The van der Waals surface area contributed by atoms with Crippen LogP contribution in [0, 0.1) is 0 Å². The maximum absolute atomic E-state index is 9.64. The summed E-state index contributed by atoms with van der Waals surface area (Å²) >= 11 is 6.94. The molecule has 2 N–H and O–H groups in total. The van der Waals surface area contributed by atoms with Crippen molar-refractivity contribution in [1.82, 2.24) is 0 Å². The average molecular weight is 380 g/mol. The molecule has 18 heavy (non-hydrogen) atoms. The maximum Gasteiger partial charge on any atom is 0.160 e. The Morgan fingerprint density at radius 3 is 2.33 bits per heavy atom. The van der Waals surface area contributed by atoms with Gasteiger partial charge in [-0.15, -0.1) is 0 Å². The predicted octanol–water partition coefficient (Wildman–Crippen LogP) is 5.10. The molecule has 0 saturated carbocycles. The second-order valence-electron chi connectivity index (χ2n) is 4.48. The SMILES string of the molecule is Oc1cccc(CCCCCCCC(Br)Br)c1O. The number of unbranched alkanes of at least 4 members (excludes halogenated alkanes) is 4. The third kappa shape index (κ3) is 6.10.